The Morgan fingerprint density at radius 1 is 0.235 bits per heavy atom. The SMILES string of the molecule is c1ccc2c(c1)c1ccccc1n2-c1ccc(-c2ccc(-c3ccc(-c4ccc(-c5ccc(-n6c7ccccc7c7ccccc76)s5)s4)s3)s2)s1. The number of fused-ring (bicyclic) bond motifs is 6. The average Bonchev–Trinajstić information content (AvgIpc) is 4.02. The van der Waals surface area contributed by atoms with Crippen molar-refractivity contribution >= 4 is 100 Å². The molecule has 4 aromatic carbocycles. The van der Waals surface area contributed by atoms with Gasteiger partial charge < -0.3 is 9.13 Å². The van der Waals surface area contributed by atoms with Crippen molar-refractivity contribution in [3.8, 4) is 49.0 Å². The van der Waals surface area contributed by atoms with Crippen molar-refractivity contribution < 1.29 is 0 Å². The van der Waals surface area contributed by atoms with Gasteiger partial charge in [-0.3, -0.25) is 0 Å². The first-order valence-electron chi connectivity index (χ1n) is 16.7. The van der Waals surface area contributed by atoms with Gasteiger partial charge in [0, 0.05) is 60.6 Å². The highest BCUT2D eigenvalue weighted by molar-refractivity contribution is 7.30. The summed E-state index contributed by atoms with van der Waals surface area (Å²) in [7, 11) is 0. The van der Waals surface area contributed by atoms with Crippen LogP contribution in [0.2, 0.25) is 0 Å². The van der Waals surface area contributed by atoms with Crippen LogP contribution < -0.4 is 0 Å². The van der Waals surface area contributed by atoms with E-state index >= 15 is 0 Å². The van der Waals surface area contributed by atoms with Gasteiger partial charge in [-0.2, -0.15) is 0 Å². The van der Waals surface area contributed by atoms with E-state index in [0.29, 0.717) is 0 Å². The van der Waals surface area contributed by atoms with Crippen molar-refractivity contribution in [2.45, 2.75) is 0 Å². The van der Waals surface area contributed by atoms with E-state index in [9.17, 15) is 0 Å². The van der Waals surface area contributed by atoms with E-state index in [0.717, 1.165) is 0 Å². The summed E-state index contributed by atoms with van der Waals surface area (Å²) >= 11 is 9.39. The van der Waals surface area contributed by atoms with E-state index in [4.69, 9.17) is 0 Å². The molecule has 0 fully saturated rings. The molecule has 7 heteroatoms. The van der Waals surface area contributed by atoms with E-state index in [1.165, 1.54) is 92.6 Å². The van der Waals surface area contributed by atoms with Gasteiger partial charge in [0.25, 0.3) is 0 Å². The Morgan fingerprint density at radius 2 is 0.471 bits per heavy atom. The molecule has 0 aliphatic carbocycles. The average molecular weight is 743 g/mol. The predicted molar refractivity (Wildman–Crippen MR) is 226 cm³/mol. The second kappa shape index (κ2) is 11.8. The number of hydrogen-bond acceptors (Lipinski definition) is 5. The van der Waals surface area contributed by atoms with Crippen LogP contribution in [-0.4, -0.2) is 9.13 Å². The van der Waals surface area contributed by atoms with Crippen LogP contribution in [0.3, 0.4) is 0 Å². The van der Waals surface area contributed by atoms with Crippen LogP contribution in [0.4, 0.5) is 0 Å². The molecule has 0 saturated heterocycles. The van der Waals surface area contributed by atoms with Gasteiger partial charge in [0.1, 0.15) is 10.0 Å². The zero-order valence-corrected chi connectivity index (χ0v) is 31.0. The number of aromatic nitrogens is 2. The smallest absolute Gasteiger partial charge is 0.101 e. The minimum atomic E-state index is 1.25. The summed E-state index contributed by atoms with van der Waals surface area (Å²) in [5.41, 5.74) is 5.02. The summed E-state index contributed by atoms with van der Waals surface area (Å²) in [6, 6.07) is 57.7. The molecule has 0 radical (unpaired) electrons. The van der Waals surface area contributed by atoms with Crippen LogP contribution in [0.15, 0.2) is 158 Å². The van der Waals surface area contributed by atoms with Gasteiger partial charge in [-0.25, -0.2) is 0 Å². The summed E-state index contributed by atoms with van der Waals surface area (Å²) < 4.78 is 4.82. The maximum absolute atomic E-state index is 2.41. The second-order valence-corrected chi connectivity index (χ2v) is 17.9. The standard InChI is InChI=1S/C44H26N2S5/c1-5-13-31-27(9-1)28-10-2-6-14-32(28)45(31)43-25-23-41(50-43)39-21-19-37(48-39)35-17-18-36(47-35)38-20-22-40(49-38)42-24-26-44(51-42)46-33-15-7-3-11-29(33)30-12-4-8-16-34(30)46/h1-26H. The molecule has 0 atom stereocenters. The molecule has 11 aromatic rings. The molecule has 0 amide bonds. The van der Waals surface area contributed by atoms with Crippen LogP contribution >= 0.6 is 56.7 Å². The Kier molecular flexibility index (Phi) is 6.85. The lowest BCUT2D eigenvalue weighted by Crippen LogP contribution is -1.89. The molecule has 2 nitrogen and oxygen atoms in total. The Hall–Kier alpha value is -5.02. The highest BCUT2D eigenvalue weighted by Crippen LogP contribution is 2.46. The molecule has 11 rings (SSSR count). The Labute approximate surface area is 314 Å². The first-order chi connectivity index (χ1) is 25.3. The Bertz CT molecular complexity index is 2750. The zero-order chi connectivity index (χ0) is 33.5. The topological polar surface area (TPSA) is 9.86 Å². The molecular formula is C44H26N2S5. The monoisotopic (exact) mass is 742 g/mol. The van der Waals surface area contributed by atoms with Crippen molar-refractivity contribution in [3.05, 3.63) is 158 Å². The molecule has 51 heavy (non-hydrogen) atoms. The summed E-state index contributed by atoms with van der Waals surface area (Å²) in [6.07, 6.45) is 0. The van der Waals surface area contributed by atoms with Gasteiger partial charge in [-0.05, 0) is 84.9 Å². The van der Waals surface area contributed by atoms with Crippen molar-refractivity contribution in [2.75, 3.05) is 0 Å². The van der Waals surface area contributed by atoms with Crippen LogP contribution in [0, 0.1) is 0 Å². The van der Waals surface area contributed by atoms with Gasteiger partial charge in [-0.15, -0.1) is 56.7 Å². The molecule has 0 aliphatic rings. The first kappa shape index (κ1) is 29.7. The third kappa shape index (κ3) is 4.77. The summed E-state index contributed by atoms with van der Waals surface area (Å²) in [6.45, 7) is 0. The van der Waals surface area contributed by atoms with Crippen LogP contribution in [0.25, 0.3) is 92.6 Å². The second-order valence-electron chi connectivity index (χ2n) is 12.5. The number of rotatable bonds is 6. The van der Waals surface area contributed by atoms with Gasteiger partial charge in [0.2, 0.25) is 0 Å². The normalized spacial score (nSPS) is 11.9. The van der Waals surface area contributed by atoms with E-state index in [1.54, 1.807) is 0 Å². The van der Waals surface area contributed by atoms with Crippen LogP contribution in [0.5, 0.6) is 0 Å². The van der Waals surface area contributed by atoms with Crippen molar-refractivity contribution in [1.82, 2.24) is 9.13 Å². The van der Waals surface area contributed by atoms with Gasteiger partial charge in [0.05, 0.1) is 22.1 Å². The number of nitrogens with zero attached hydrogens (tertiary/aromatic N) is 2. The van der Waals surface area contributed by atoms with E-state index in [2.05, 4.69) is 167 Å². The highest BCUT2D eigenvalue weighted by atomic mass is 32.1. The van der Waals surface area contributed by atoms with Gasteiger partial charge in [0.15, 0.2) is 0 Å². The van der Waals surface area contributed by atoms with Crippen molar-refractivity contribution in [2.24, 2.45) is 0 Å². The first-order valence-corrected chi connectivity index (χ1v) is 20.8. The molecule has 0 unspecified atom stereocenters. The maximum atomic E-state index is 2.41. The fourth-order valence-corrected chi connectivity index (χ4v) is 12.7. The molecular weight excluding hydrogens is 717 g/mol. The molecule has 7 heterocycles. The minimum absolute atomic E-state index is 1.25. The molecule has 0 saturated carbocycles. The number of benzene rings is 4. The fourth-order valence-electron chi connectivity index (χ4n) is 7.29. The van der Waals surface area contributed by atoms with E-state index in [1.807, 2.05) is 56.7 Å². The number of hydrogen-bond donors (Lipinski definition) is 0. The Morgan fingerprint density at radius 3 is 0.765 bits per heavy atom. The third-order valence-electron chi connectivity index (χ3n) is 9.57. The van der Waals surface area contributed by atoms with Crippen LogP contribution in [0.1, 0.15) is 0 Å². The summed E-state index contributed by atoms with van der Waals surface area (Å²) in [5.74, 6) is 0. The lowest BCUT2D eigenvalue weighted by atomic mass is 10.2. The van der Waals surface area contributed by atoms with E-state index < -0.39 is 0 Å². The number of thiophene rings is 5. The largest absolute Gasteiger partial charge is 0.301 e. The zero-order valence-electron chi connectivity index (χ0n) is 26.9. The lowest BCUT2D eigenvalue weighted by molar-refractivity contribution is 1.22. The van der Waals surface area contributed by atoms with E-state index in [-0.39, 0.29) is 0 Å². The summed E-state index contributed by atoms with van der Waals surface area (Å²) in [4.78, 5) is 10.5. The lowest BCUT2D eigenvalue weighted by Gasteiger charge is -2.03. The van der Waals surface area contributed by atoms with Gasteiger partial charge in [-0.1, -0.05) is 72.8 Å². The molecule has 0 aliphatic heterocycles. The molecule has 0 spiro atoms. The number of para-hydroxylation sites is 4. The molecule has 0 N–H and O–H groups in total. The van der Waals surface area contributed by atoms with Gasteiger partial charge >= 0.3 is 0 Å². The maximum Gasteiger partial charge on any atom is 0.101 e. The molecule has 0 bridgehead atoms. The minimum Gasteiger partial charge on any atom is -0.301 e. The fraction of sp³-hybridized carbons (Fsp3) is 0. The summed E-state index contributed by atoms with van der Waals surface area (Å²) in [5, 5.41) is 7.69. The predicted octanol–water partition coefficient (Wildman–Crippen LogP) is 14.9. The quantitative estimate of drug-likeness (QED) is 0.161. The van der Waals surface area contributed by atoms with Crippen molar-refractivity contribution in [3.63, 3.8) is 0 Å². The third-order valence-corrected chi connectivity index (χ3v) is 15.8. The molecule has 242 valence electrons. The molecule has 7 aromatic heterocycles. The Balaban J connectivity index is 0.870. The highest BCUT2D eigenvalue weighted by Gasteiger charge is 2.17. The van der Waals surface area contributed by atoms with Crippen molar-refractivity contribution in [1.29, 1.82) is 0 Å². The van der Waals surface area contributed by atoms with Crippen LogP contribution in [-0.2, 0) is 0 Å².